The van der Waals surface area contributed by atoms with Crippen LogP contribution in [-0.4, -0.2) is 46.7 Å². The molecule has 1 amide bonds. The number of rotatable bonds is 10. The van der Waals surface area contributed by atoms with Crippen LogP contribution in [0.4, 0.5) is 5.69 Å². The summed E-state index contributed by atoms with van der Waals surface area (Å²) in [6.07, 6.45) is -0.101. The van der Waals surface area contributed by atoms with Gasteiger partial charge in [0.2, 0.25) is 26.0 Å². The maximum absolute atomic E-state index is 12.9. The predicted octanol–water partition coefficient (Wildman–Crippen LogP) is 2.95. The summed E-state index contributed by atoms with van der Waals surface area (Å²) in [4.78, 5) is 12.6. The maximum Gasteiger partial charge on any atom is 0.243 e. The highest BCUT2D eigenvalue weighted by molar-refractivity contribution is 7.89. The second kappa shape index (κ2) is 10.6. The van der Waals surface area contributed by atoms with E-state index in [0.29, 0.717) is 29.9 Å². The monoisotopic (exact) mass is 481 g/mol. The summed E-state index contributed by atoms with van der Waals surface area (Å²) < 4.78 is 54.5. The fourth-order valence-corrected chi connectivity index (χ4v) is 6.32. The number of amides is 1. The lowest BCUT2D eigenvalue weighted by Gasteiger charge is -2.20. The van der Waals surface area contributed by atoms with Gasteiger partial charge in [-0.15, -0.1) is 0 Å². The SMILES string of the molecule is CCN(CC)S(=O)(=O)c1cc(NC(=O)CCNS(=O)(=O)c2ccc(C)cc2C)ccc1C. The van der Waals surface area contributed by atoms with Crippen molar-refractivity contribution in [1.82, 2.24) is 9.03 Å². The van der Waals surface area contributed by atoms with Crippen molar-refractivity contribution in [3.05, 3.63) is 53.1 Å². The molecule has 0 spiro atoms. The molecule has 0 bridgehead atoms. The topological polar surface area (TPSA) is 113 Å². The van der Waals surface area contributed by atoms with Crippen LogP contribution in [0.3, 0.4) is 0 Å². The third kappa shape index (κ3) is 6.16. The van der Waals surface area contributed by atoms with E-state index < -0.39 is 26.0 Å². The quantitative estimate of drug-likeness (QED) is 0.542. The Kier molecular flexibility index (Phi) is 8.58. The lowest BCUT2D eigenvalue weighted by atomic mass is 10.2. The highest BCUT2D eigenvalue weighted by Crippen LogP contribution is 2.24. The standard InChI is InChI=1S/C22H31N3O5S2/c1-6-25(7-2)32(29,30)21-15-19(10-9-17(21)4)24-22(26)12-13-23-31(27,28)20-11-8-16(3)14-18(20)5/h8-11,14-15,23H,6-7,12-13H2,1-5H3,(H,24,26). The molecule has 176 valence electrons. The highest BCUT2D eigenvalue weighted by Gasteiger charge is 2.24. The van der Waals surface area contributed by atoms with Gasteiger partial charge < -0.3 is 5.32 Å². The van der Waals surface area contributed by atoms with Crippen LogP contribution in [0.1, 0.15) is 37.0 Å². The van der Waals surface area contributed by atoms with Crippen LogP contribution < -0.4 is 10.0 Å². The van der Waals surface area contributed by atoms with Gasteiger partial charge in [0.1, 0.15) is 0 Å². The van der Waals surface area contributed by atoms with Crippen LogP contribution in [0.15, 0.2) is 46.2 Å². The average molecular weight is 482 g/mol. The highest BCUT2D eigenvalue weighted by atomic mass is 32.2. The minimum atomic E-state index is -3.74. The van der Waals surface area contributed by atoms with Crippen LogP contribution in [-0.2, 0) is 24.8 Å². The molecule has 2 N–H and O–H groups in total. The maximum atomic E-state index is 12.9. The van der Waals surface area contributed by atoms with Gasteiger partial charge in [-0.3, -0.25) is 4.79 Å². The molecule has 0 heterocycles. The van der Waals surface area contributed by atoms with Gasteiger partial charge in [-0.25, -0.2) is 21.6 Å². The van der Waals surface area contributed by atoms with Crippen molar-refractivity contribution in [3.8, 4) is 0 Å². The van der Waals surface area contributed by atoms with Gasteiger partial charge in [0.15, 0.2) is 0 Å². The van der Waals surface area contributed by atoms with Gasteiger partial charge in [0, 0.05) is 31.7 Å². The Bertz CT molecular complexity index is 1190. The summed E-state index contributed by atoms with van der Waals surface area (Å²) in [5.41, 5.74) is 2.50. The van der Waals surface area contributed by atoms with E-state index in [2.05, 4.69) is 10.0 Å². The van der Waals surface area contributed by atoms with Crippen LogP contribution in [0.5, 0.6) is 0 Å². The summed E-state index contributed by atoms with van der Waals surface area (Å²) in [7, 11) is -7.41. The van der Waals surface area contributed by atoms with Gasteiger partial charge in [0.25, 0.3) is 0 Å². The molecule has 8 nitrogen and oxygen atoms in total. The zero-order valence-electron chi connectivity index (χ0n) is 19.1. The first-order valence-corrected chi connectivity index (χ1v) is 13.3. The van der Waals surface area contributed by atoms with E-state index in [4.69, 9.17) is 0 Å². The number of sulfonamides is 2. The van der Waals surface area contributed by atoms with Crippen LogP contribution >= 0.6 is 0 Å². The van der Waals surface area contributed by atoms with Crippen molar-refractivity contribution in [2.75, 3.05) is 25.0 Å². The molecule has 0 aliphatic rings. The fourth-order valence-electron chi connectivity index (χ4n) is 3.36. The predicted molar refractivity (Wildman–Crippen MR) is 126 cm³/mol. The van der Waals surface area contributed by atoms with Gasteiger partial charge in [-0.1, -0.05) is 37.6 Å². The van der Waals surface area contributed by atoms with E-state index in [1.54, 1.807) is 52.0 Å². The van der Waals surface area contributed by atoms with E-state index >= 15 is 0 Å². The number of anilines is 1. The fraction of sp³-hybridized carbons (Fsp3) is 0.409. The van der Waals surface area contributed by atoms with Crippen molar-refractivity contribution in [3.63, 3.8) is 0 Å². The zero-order valence-corrected chi connectivity index (χ0v) is 20.7. The molecule has 0 aliphatic carbocycles. The molecule has 0 saturated heterocycles. The van der Waals surface area contributed by atoms with Crippen LogP contribution in [0.2, 0.25) is 0 Å². The first kappa shape index (κ1) is 26.0. The van der Waals surface area contributed by atoms with E-state index in [9.17, 15) is 21.6 Å². The van der Waals surface area contributed by atoms with Crippen LogP contribution in [0, 0.1) is 20.8 Å². The number of nitrogens with zero attached hydrogens (tertiary/aromatic N) is 1. The number of hydrogen-bond donors (Lipinski definition) is 2. The zero-order chi connectivity index (χ0) is 24.1. The Morgan fingerprint density at radius 2 is 1.53 bits per heavy atom. The molecular weight excluding hydrogens is 450 g/mol. The van der Waals surface area contributed by atoms with Crippen LogP contribution in [0.25, 0.3) is 0 Å². The molecule has 10 heteroatoms. The molecule has 0 aromatic heterocycles. The van der Waals surface area contributed by atoms with E-state index in [1.807, 2.05) is 6.92 Å². The first-order chi connectivity index (χ1) is 14.9. The number of nitrogens with one attached hydrogen (secondary N) is 2. The Hall–Kier alpha value is -2.27. The number of carbonyl (C=O) groups excluding carboxylic acids is 1. The second-order valence-electron chi connectivity index (χ2n) is 7.53. The van der Waals surface area contributed by atoms with Gasteiger partial charge >= 0.3 is 0 Å². The van der Waals surface area contributed by atoms with Crippen molar-refractivity contribution in [2.24, 2.45) is 0 Å². The summed E-state index contributed by atoms with van der Waals surface area (Å²) in [5.74, 6) is -0.427. The molecule has 0 saturated carbocycles. The van der Waals surface area contributed by atoms with Gasteiger partial charge in [-0.05, 0) is 50.1 Å². The third-order valence-corrected chi connectivity index (χ3v) is 8.87. The summed E-state index contributed by atoms with van der Waals surface area (Å²) in [6, 6.07) is 9.72. The molecule has 0 fully saturated rings. The van der Waals surface area contributed by atoms with Gasteiger partial charge in [-0.2, -0.15) is 4.31 Å². The summed E-state index contributed by atoms with van der Waals surface area (Å²) in [6.45, 7) is 9.43. The van der Waals surface area contributed by atoms with E-state index in [0.717, 1.165) is 5.56 Å². The van der Waals surface area contributed by atoms with Gasteiger partial charge in [0.05, 0.1) is 9.79 Å². The number of carbonyl (C=O) groups is 1. The average Bonchev–Trinajstić information content (AvgIpc) is 2.69. The second-order valence-corrected chi connectivity index (χ2v) is 11.2. The van der Waals surface area contributed by atoms with E-state index in [1.165, 1.54) is 16.4 Å². The van der Waals surface area contributed by atoms with Crippen molar-refractivity contribution in [1.29, 1.82) is 0 Å². The normalized spacial score (nSPS) is 12.2. The summed E-state index contributed by atoms with van der Waals surface area (Å²) >= 11 is 0. The van der Waals surface area contributed by atoms with E-state index in [-0.39, 0.29) is 22.8 Å². The molecule has 2 rings (SSSR count). The number of aryl methyl sites for hydroxylation is 3. The molecule has 0 atom stereocenters. The van der Waals surface area contributed by atoms with Crippen molar-refractivity contribution < 1.29 is 21.6 Å². The Morgan fingerprint density at radius 3 is 2.12 bits per heavy atom. The lowest BCUT2D eigenvalue weighted by Crippen LogP contribution is -2.31. The molecule has 0 unspecified atom stereocenters. The Labute approximate surface area is 191 Å². The molecule has 2 aromatic rings. The minimum absolute atomic E-state index is 0.0854. The molecular formula is C22H31N3O5S2. The van der Waals surface area contributed by atoms with Crippen molar-refractivity contribution in [2.45, 2.75) is 50.8 Å². The lowest BCUT2D eigenvalue weighted by molar-refractivity contribution is -0.116. The largest absolute Gasteiger partial charge is 0.326 e. The molecule has 0 aliphatic heterocycles. The molecule has 2 aromatic carbocycles. The molecule has 0 radical (unpaired) electrons. The van der Waals surface area contributed by atoms with Crippen molar-refractivity contribution >= 4 is 31.6 Å². The molecule has 32 heavy (non-hydrogen) atoms. The smallest absolute Gasteiger partial charge is 0.243 e. The first-order valence-electron chi connectivity index (χ1n) is 10.4. The Balaban J connectivity index is 2.06. The number of hydrogen-bond acceptors (Lipinski definition) is 5. The summed E-state index contributed by atoms with van der Waals surface area (Å²) in [5, 5.41) is 2.64. The third-order valence-electron chi connectivity index (χ3n) is 5.06. The Morgan fingerprint density at radius 1 is 0.875 bits per heavy atom. The minimum Gasteiger partial charge on any atom is -0.326 e. The number of benzene rings is 2.